The fourth-order valence-corrected chi connectivity index (χ4v) is 8.49. The molecule has 0 unspecified atom stereocenters. The zero-order valence-corrected chi connectivity index (χ0v) is 28.3. The van der Waals surface area contributed by atoms with Gasteiger partial charge in [0, 0.05) is 36.9 Å². The first-order chi connectivity index (χ1) is 25.3. The molecule has 0 saturated heterocycles. The van der Waals surface area contributed by atoms with Crippen molar-refractivity contribution in [1.29, 1.82) is 0 Å². The van der Waals surface area contributed by atoms with Gasteiger partial charge in [-0.25, -0.2) is 15.0 Å². The maximum Gasteiger partial charge on any atom is 0.164 e. The lowest BCUT2D eigenvalue weighted by Gasteiger charge is -2.14. The molecule has 3 nitrogen and oxygen atoms in total. The van der Waals surface area contributed by atoms with Gasteiger partial charge in [0.15, 0.2) is 17.5 Å². The molecule has 4 heteroatoms. The van der Waals surface area contributed by atoms with Gasteiger partial charge >= 0.3 is 0 Å². The van der Waals surface area contributed by atoms with Gasteiger partial charge in [-0.3, -0.25) is 0 Å². The van der Waals surface area contributed by atoms with Crippen LogP contribution in [0.25, 0.3) is 98.1 Å². The number of rotatable bonds is 5. The highest BCUT2D eigenvalue weighted by Crippen LogP contribution is 2.40. The summed E-state index contributed by atoms with van der Waals surface area (Å²) >= 11 is 1.85. The molecule has 0 aliphatic heterocycles. The third-order valence-electron chi connectivity index (χ3n) is 9.77. The number of aromatic nitrogens is 3. The van der Waals surface area contributed by atoms with Gasteiger partial charge < -0.3 is 0 Å². The van der Waals surface area contributed by atoms with Crippen LogP contribution in [0.4, 0.5) is 0 Å². The van der Waals surface area contributed by atoms with Crippen LogP contribution in [-0.4, -0.2) is 15.0 Å². The number of nitrogens with zero attached hydrogens (tertiary/aromatic N) is 3. The maximum atomic E-state index is 5.25. The minimum absolute atomic E-state index is 0.648. The fourth-order valence-electron chi connectivity index (χ4n) is 7.35. The molecule has 0 atom stereocenters. The summed E-state index contributed by atoms with van der Waals surface area (Å²) in [5.74, 6) is 1.95. The standard InChI is InChI=1S/C47H29N3S/c1-3-13-30(14-4-1)33-20-11-22-38-36(33)21-12-23-41(38)46-48-45(31-15-5-2-6-16-31)49-47(50-46)42-28-27-34(35-17-7-8-18-37(35)42)32-25-26-40-39-19-9-10-24-43(39)51-44(40)29-32/h1-29H. The summed E-state index contributed by atoms with van der Waals surface area (Å²) in [6, 6.07) is 62.1. The van der Waals surface area contributed by atoms with Crippen LogP contribution in [0.1, 0.15) is 0 Å². The molecule has 0 saturated carbocycles. The molecule has 238 valence electrons. The summed E-state index contributed by atoms with van der Waals surface area (Å²) < 4.78 is 2.61. The zero-order chi connectivity index (χ0) is 33.7. The van der Waals surface area contributed by atoms with E-state index in [1.54, 1.807) is 0 Å². The zero-order valence-electron chi connectivity index (χ0n) is 27.5. The van der Waals surface area contributed by atoms with Crippen molar-refractivity contribution in [3.63, 3.8) is 0 Å². The van der Waals surface area contributed by atoms with Gasteiger partial charge in [-0.05, 0) is 62.0 Å². The third kappa shape index (κ3) is 5.08. The van der Waals surface area contributed by atoms with Crippen LogP contribution in [0.15, 0.2) is 176 Å². The summed E-state index contributed by atoms with van der Waals surface area (Å²) in [4.78, 5) is 15.5. The Bertz CT molecular complexity index is 2910. The molecule has 51 heavy (non-hydrogen) atoms. The Balaban J connectivity index is 1.17. The molecule has 0 aliphatic carbocycles. The molecule has 0 N–H and O–H groups in total. The normalized spacial score (nSPS) is 11.5. The summed E-state index contributed by atoms with van der Waals surface area (Å²) in [6.45, 7) is 0. The summed E-state index contributed by atoms with van der Waals surface area (Å²) in [5.41, 5.74) is 7.65. The molecule has 0 spiro atoms. The average molecular weight is 668 g/mol. The quantitative estimate of drug-likeness (QED) is 0.183. The van der Waals surface area contributed by atoms with Crippen LogP contribution < -0.4 is 0 Å². The SMILES string of the molecule is c1ccc(-c2nc(-c3cccc4c(-c5ccccc5)cccc34)nc(-c3ccc(-c4ccc5c(c4)sc4ccccc45)c4ccccc34)n2)cc1. The Morgan fingerprint density at radius 3 is 1.45 bits per heavy atom. The van der Waals surface area contributed by atoms with E-state index in [1.165, 1.54) is 42.4 Å². The van der Waals surface area contributed by atoms with E-state index in [4.69, 9.17) is 15.0 Å². The van der Waals surface area contributed by atoms with Crippen LogP contribution in [0.3, 0.4) is 0 Å². The summed E-state index contributed by atoms with van der Waals surface area (Å²) in [5, 5.41) is 7.15. The molecule has 0 fully saturated rings. The topological polar surface area (TPSA) is 38.7 Å². The van der Waals surface area contributed by atoms with Crippen molar-refractivity contribution < 1.29 is 0 Å². The fraction of sp³-hybridized carbons (Fsp3) is 0. The predicted molar refractivity (Wildman–Crippen MR) is 215 cm³/mol. The minimum atomic E-state index is 0.648. The first-order valence-corrected chi connectivity index (χ1v) is 17.9. The second-order valence-corrected chi connectivity index (χ2v) is 13.8. The van der Waals surface area contributed by atoms with E-state index in [-0.39, 0.29) is 0 Å². The lowest BCUT2D eigenvalue weighted by Crippen LogP contribution is -2.01. The molecule has 10 aromatic rings. The Labute approximate surface area is 299 Å². The van der Waals surface area contributed by atoms with Crippen LogP contribution >= 0.6 is 11.3 Å². The van der Waals surface area contributed by atoms with Crippen LogP contribution in [0, 0.1) is 0 Å². The Hall–Kier alpha value is -6.49. The lowest BCUT2D eigenvalue weighted by atomic mass is 9.94. The maximum absolute atomic E-state index is 5.25. The Morgan fingerprint density at radius 1 is 0.275 bits per heavy atom. The van der Waals surface area contributed by atoms with Crippen LogP contribution in [0.5, 0.6) is 0 Å². The monoisotopic (exact) mass is 667 g/mol. The van der Waals surface area contributed by atoms with E-state index < -0.39 is 0 Å². The van der Waals surface area contributed by atoms with Gasteiger partial charge in [0.2, 0.25) is 0 Å². The van der Waals surface area contributed by atoms with Gasteiger partial charge in [0.25, 0.3) is 0 Å². The lowest BCUT2D eigenvalue weighted by molar-refractivity contribution is 1.08. The van der Waals surface area contributed by atoms with E-state index >= 15 is 0 Å². The third-order valence-corrected chi connectivity index (χ3v) is 10.9. The van der Waals surface area contributed by atoms with Crippen molar-refractivity contribution in [2.45, 2.75) is 0 Å². The van der Waals surface area contributed by atoms with E-state index in [0.29, 0.717) is 17.5 Å². The van der Waals surface area contributed by atoms with Gasteiger partial charge in [0.05, 0.1) is 0 Å². The van der Waals surface area contributed by atoms with Gasteiger partial charge in [-0.2, -0.15) is 0 Å². The van der Waals surface area contributed by atoms with Crippen molar-refractivity contribution in [1.82, 2.24) is 15.0 Å². The highest BCUT2D eigenvalue weighted by Gasteiger charge is 2.18. The average Bonchev–Trinajstić information content (AvgIpc) is 3.58. The van der Waals surface area contributed by atoms with E-state index in [9.17, 15) is 0 Å². The molecule has 0 aliphatic rings. The second kappa shape index (κ2) is 12.1. The number of hydrogen-bond donors (Lipinski definition) is 0. The number of thiophene rings is 1. The molecular formula is C47H29N3S. The molecule has 2 aromatic heterocycles. The van der Waals surface area contributed by atoms with E-state index in [2.05, 4.69) is 158 Å². The van der Waals surface area contributed by atoms with Crippen molar-refractivity contribution >= 4 is 53.1 Å². The smallest absolute Gasteiger partial charge is 0.164 e. The number of benzene rings is 8. The molecule has 0 radical (unpaired) electrons. The van der Waals surface area contributed by atoms with Crippen LogP contribution in [-0.2, 0) is 0 Å². The van der Waals surface area contributed by atoms with Gasteiger partial charge in [0.1, 0.15) is 0 Å². The largest absolute Gasteiger partial charge is 0.208 e. The number of hydrogen-bond acceptors (Lipinski definition) is 4. The van der Waals surface area contributed by atoms with Crippen molar-refractivity contribution in [2.24, 2.45) is 0 Å². The summed E-state index contributed by atoms with van der Waals surface area (Å²) in [7, 11) is 0. The highest BCUT2D eigenvalue weighted by atomic mass is 32.1. The van der Waals surface area contributed by atoms with Gasteiger partial charge in [-0.1, -0.05) is 158 Å². The van der Waals surface area contributed by atoms with E-state index in [1.807, 2.05) is 29.5 Å². The highest BCUT2D eigenvalue weighted by molar-refractivity contribution is 7.25. The van der Waals surface area contributed by atoms with Crippen molar-refractivity contribution in [2.75, 3.05) is 0 Å². The van der Waals surface area contributed by atoms with Crippen molar-refractivity contribution in [3.8, 4) is 56.4 Å². The summed E-state index contributed by atoms with van der Waals surface area (Å²) in [6.07, 6.45) is 0. The molecular weight excluding hydrogens is 639 g/mol. The molecule has 0 amide bonds. The number of fused-ring (bicyclic) bond motifs is 5. The molecule has 0 bridgehead atoms. The molecule has 2 heterocycles. The molecule has 8 aromatic carbocycles. The molecule has 10 rings (SSSR count). The second-order valence-electron chi connectivity index (χ2n) is 12.8. The predicted octanol–water partition coefficient (Wildman–Crippen LogP) is 12.9. The Morgan fingerprint density at radius 2 is 0.745 bits per heavy atom. The first kappa shape index (κ1) is 29.4. The Kier molecular flexibility index (Phi) is 7.00. The van der Waals surface area contributed by atoms with Gasteiger partial charge in [-0.15, -0.1) is 11.3 Å². The van der Waals surface area contributed by atoms with Crippen molar-refractivity contribution in [3.05, 3.63) is 176 Å². The first-order valence-electron chi connectivity index (χ1n) is 17.1. The van der Waals surface area contributed by atoms with E-state index in [0.717, 1.165) is 38.2 Å². The van der Waals surface area contributed by atoms with Crippen LogP contribution in [0.2, 0.25) is 0 Å². The minimum Gasteiger partial charge on any atom is -0.208 e.